The van der Waals surface area contributed by atoms with Gasteiger partial charge in [-0.15, -0.1) is 0 Å². The van der Waals surface area contributed by atoms with Gasteiger partial charge in [-0.05, 0) is 75.9 Å². The zero-order valence-electron chi connectivity index (χ0n) is 20.5. The van der Waals surface area contributed by atoms with Crippen LogP contribution >= 0.6 is 0 Å². The van der Waals surface area contributed by atoms with Gasteiger partial charge < -0.3 is 19.1 Å². The van der Waals surface area contributed by atoms with E-state index in [0.717, 1.165) is 24.1 Å². The lowest BCUT2D eigenvalue weighted by Crippen LogP contribution is -2.24. The Labute approximate surface area is 209 Å². The van der Waals surface area contributed by atoms with E-state index in [1.54, 1.807) is 48.8 Å². The van der Waals surface area contributed by atoms with Crippen LogP contribution in [0, 0.1) is 5.92 Å². The second-order valence-corrected chi connectivity index (χ2v) is 9.65. The standard InChI is InChI=1S/C27H29F2N3O4/c1-27(2,3)36-25(33)20-6-8-21(9-7-20)32(15-19-13-30-17-31-14-19)22-10-11-23(35-26(28)29)24(12-22)34-16-18-4-5-18/h6-14,17-18,26H,4-5,15-16H2,1-3H3. The molecule has 1 saturated carbocycles. The van der Waals surface area contributed by atoms with Crippen molar-refractivity contribution in [1.29, 1.82) is 0 Å². The summed E-state index contributed by atoms with van der Waals surface area (Å²) in [6.45, 7) is 3.31. The molecule has 1 aromatic heterocycles. The summed E-state index contributed by atoms with van der Waals surface area (Å²) in [5.74, 6) is 0.254. The van der Waals surface area contributed by atoms with Crippen LogP contribution in [0.3, 0.4) is 0 Å². The smallest absolute Gasteiger partial charge is 0.387 e. The van der Waals surface area contributed by atoms with Gasteiger partial charge >= 0.3 is 12.6 Å². The van der Waals surface area contributed by atoms with Crippen LogP contribution in [0.2, 0.25) is 0 Å². The molecule has 1 aliphatic carbocycles. The zero-order valence-corrected chi connectivity index (χ0v) is 20.5. The van der Waals surface area contributed by atoms with Gasteiger partial charge in [0.2, 0.25) is 0 Å². The lowest BCUT2D eigenvalue weighted by molar-refractivity contribution is -0.0515. The highest BCUT2D eigenvalue weighted by molar-refractivity contribution is 5.90. The number of hydrogen-bond acceptors (Lipinski definition) is 7. The molecule has 7 nitrogen and oxygen atoms in total. The Morgan fingerprint density at radius 2 is 1.69 bits per heavy atom. The first-order valence-electron chi connectivity index (χ1n) is 11.7. The predicted molar refractivity (Wildman–Crippen MR) is 131 cm³/mol. The molecule has 0 N–H and O–H groups in total. The van der Waals surface area contributed by atoms with Crippen molar-refractivity contribution in [1.82, 2.24) is 9.97 Å². The summed E-state index contributed by atoms with van der Waals surface area (Å²) in [6, 6.07) is 11.8. The average molecular weight is 498 g/mol. The number of benzene rings is 2. The third-order valence-corrected chi connectivity index (χ3v) is 5.39. The van der Waals surface area contributed by atoms with Crippen LogP contribution in [0.25, 0.3) is 0 Å². The molecule has 9 heteroatoms. The first kappa shape index (κ1) is 25.3. The molecule has 0 aliphatic heterocycles. The molecule has 2 aromatic carbocycles. The molecule has 0 radical (unpaired) electrons. The molecule has 0 amide bonds. The van der Waals surface area contributed by atoms with Crippen LogP contribution in [0.15, 0.2) is 61.2 Å². The van der Waals surface area contributed by atoms with E-state index in [1.165, 1.54) is 12.4 Å². The summed E-state index contributed by atoms with van der Waals surface area (Å²) in [7, 11) is 0. The van der Waals surface area contributed by atoms with Crippen LogP contribution in [0.1, 0.15) is 49.5 Å². The van der Waals surface area contributed by atoms with Gasteiger partial charge in [-0.2, -0.15) is 8.78 Å². The summed E-state index contributed by atoms with van der Waals surface area (Å²) in [5, 5.41) is 0. The lowest BCUT2D eigenvalue weighted by atomic mass is 10.1. The third kappa shape index (κ3) is 7.13. The van der Waals surface area contributed by atoms with Crippen LogP contribution in [0.5, 0.6) is 11.5 Å². The number of hydrogen-bond donors (Lipinski definition) is 0. The molecule has 0 saturated heterocycles. The SMILES string of the molecule is CC(C)(C)OC(=O)c1ccc(N(Cc2cncnc2)c2ccc(OC(F)F)c(OCC3CC3)c2)cc1. The fourth-order valence-electron chi connectivity index (χ4n) is 3.50. The Bertz CT molecular complexity index is 1160. The molecular weight excluding hydrogens is 468 g/mol. The number of nitrogens with zero attached hydrogens (tertiary/aromatic N) is 3. The highest BCUT2D eigenvalue weighted by Gasteiger charge is 2.24. The van der Waals surface area contributed by atoms with Gasteiger partial charge in [-0.3, -0.25) is 0 Å². The Balaban J connectivity index is 1.66. The Morgan fingerprint density at radius 1 is 1.03 bits per heavy atom. The number of halogens is 2. The van der Waals surface area contributed by atoms with E-state index >= 15 is 0 Å². The van der Waals surface area contributed by atoms with Crippen LogP contribution < -0.4 is 14.4 Å². The fourth-order valence-corrected chi connectivity index (χ4v) is 3.50. The fraction of sp³-hybridized carbons (Fsp3) is 0.370. The average Bonchev–Trinajstić information content (AvgIpc) is 3.66. The number of esters is 1. The minimum Gasteiger partial charge on any atom is -0.489 e. The Kier molecular flexibility index (Phi) is 7.67. The van der Waals surface area contributed by atoms with E-state index in [2.05, 4.69) is 9.97 Å². The van der Waals surface area contributed by atoms with Gasteiger partial charge in [0.25, 0.3) is 0 Å². The van der Waals surface area contributed by atoms with Crippen molar-refractivity contribution < 1.29 is 27.8 Å². The van der Waals surface area contributed by atoms with Crippen LogP contribution in [-0.4, -0.2) is 34.8 Å². The predicted octanol–water partition coefficient (Wildman–Crippen LogP) is 6.16. The lowest BCUT2D eigenvalue weighted by Gasteiger charge is -2.26. The van der Waals surface area contributed by atoms with Crippen molar-refractivity contribution in [3.05, 3.63) is 72.3 Å². The second kappa shape index (κ2) is 10.9. The first-order chi connectivity index (χ1) is 17.2. The summed E-state index contributed by atoms with van der Waals surface area (Å²) in [4.78, 5) is 22.6. The first-order valence-corrected chi connectivity index (χ1v) is 11.7. The number of rotatable bonds is 10. The van der Waals surface area contributed by atoms with E-state index in [-0.39, 0.29) is 11.5 Å². The molecule has 36 heavy (non-hydrogen) atoms. The molecular formula is C27H29F2N3O4. The molecule has 3 aromatic rings. The summed E-state index contributed by atoms with van der Waals surface area (Å²) >= 11 is 0. The Hall–Kier alpha value is -3.75. The molecule has 190 valence electrons. The molecule has 1 aliphatic rings. The van der Waals surface area contributed by atoms with Gasteiger partial charge in [0.1, 0.15) is 11.9 Å². The molecule has 0 atom stereocenters. The number of carbonyl (C=O) groups is 1. The van der Waals surface area contributed by atoms with Crippen LogP contribution in [-0.2, 0) is 11.3 Å². The maximum atomic E-state index is 13.0. The van der Waals surface area contributed by atoms with E-state index in [0.29, 0.717) is 30.3 Å². The topological polar surface area (TPSA) is 73.8 Å². The van der Waals surface area contributed by atoms with Crippen molar-refractivity contribution in [2.24, 2.45) is 5.92 Å². The van der Waals surface area contributed by atoms with E-state index in [4.69, 9.17) is 14.2 Å². The molecule has 4 rings (SSSR count). The van der Waals surface area contributed by atoms with E-state index in [1.807, 2.05) is 25.7 Å². The van der Waals surface area contributed by atoms with E-state index in [9.17, 15) is 13.6 Å². The highest BCUT2D eigenvalue weighted by atomic mass is 19.3. The summed E-state index contributed by atoms with van der Waals surface area (Å²) in [6.07, 6.45) is 6.98. The van der Waals surface area contributed by atoms with E-state index < -0.39 is 18.2 Å². The Morgan fingerprint density at radius 3 is 2.31 bits per heavy atom. The largest absolute Gasteiger partial charge is 0.489 e. The molecule has 0 unspecified atom stereocenters. The minimum absolute atomic E-state index is 0.0160. The number of aromatic nitrogens is 2. The number of carbonyl (C=O) groups excluding carboxylic acids is 1. The van der Waals surface area contributed by atoms with Crippen molar-refractivity contribution >= 4 is 17.3 Å². The molecule has 0 bridgehead atoms. The van der Waals surface area contributed by atoms with Crippen molar-refractivity contribution in [3.8, 4) is 11.5 Å². The van der Waals surface area contributed by atoms with Gasteiger partial charge in [0, 0.05) is 35.4 Å². The second-order valence-electron chi connectivity index (χ2n) is 9.65. The van der Waals surface area contributed by atoms with Gasteiger partial charge in [-0.25, -0.2) is 14.8 Å². The number of alkyl halides is 2. The molecule has 1 heterocycles. The summed E-state index contributed by atoms with van der Waals surface area (Å²) < 4.78 is 42.0. The quantitative estimate of drug-likeness (QED) is 0.311. The van der Waals surface area contributed by atoms with Crippen molar-refractivity contribution in [2.45, 2.75) is 52.4 Å². The maximum Gasteiger partial charge on any atom is 0.387 e. The van der Waals surface area contributed by atoms with Gasteiger partial charge in [-0.1, -0.05) is 0 Å². The number of ether oxygens (including phenoxy) is 3. The van der Waals surface area contributed by atoms with Gasteiger partial charge in [0.05, 0.1) is 18.7 Å². The molecule has 0 spiro atoms. The highest BCUT2D eigenvalue weighted by Crippen LogP contribution is 2.38. The van der Waals surface area contributed by atoms with Crippen molar-refractivity contribution in [2.75, 3.05) is 11.5 Å². The third-order valence-electron chi connectivity index (χ3n) is 5.39. The van der Waals surface area contributed by atoms with Crippen LogP contribution in [0.4, 0.5) is 20.2 Å². The minimum atomic E-state index is -2.96. The normalized spacial score (nSPS) is 13.4. The number of anilines is 2. The summed E-state index contributed by atoms with van der Waals surface area (Å²) in [5.41, 5.74) is 2.11. The van der Waals surface area contributed by atoms with Crippen molar-refractivity contribution in [3.63, 3.8) is 0 Å². The molecule has 1 fully saturated rings. The zero-order chi connectivity index (χ0) is 25.7. The maximum absolute atomic E-state index is 13.0. The van der Waals surface area contributed by atoms with Gasteiger partial charge in [0.15, 0.2) is 11.5 Å². The monoisotopic (exact) mass is 497 g/mol.